The smallest absolute Gasteiger partial charge is 0.215 e. The quantitative estimate of drug-likeness (QED) is 0.245. The van der Waals surface area contributed by atoms with Gasteiger partial charge in [0.15, 0.2) is 0 Å². The topological polar surface area (TPSA) is 22.2 Å². The Labute approximate surface area is 202 Å². The highest BCUT2D eigenvalue weighted by molar-refractivity contribution is 9.10. The summed E-state index contributed by atoms with van der Waals surface area (Å²) >= 11 is 3.59. The van der Waals surface area contributed by atoms with E-state index in [4.69, 9.17) is 4.98 Å². The minimum absolute atomic E-state index is 0.476. The summed E-state index contributed by atoms with van der Waals surface area (Å²) in [6, 6.07) is 30.4. The van der Waals surface area contributed by atoms with Crippen LogP contribution in [0.3, 0.4) is 0 Å². The van der Waals surface area contributed by atoms with Gasteiger partial charge in [-0.15, -0.1) is 0 Å². The lowest BCUT2D eigenvalue weighted by Crippen LogP contribution is -2.14. The van der Waals surface area contributed by atoms with Crippen molar-refractivity contribution in [3.05, 3.63) is 95.6 Å². The molecule has 1 aliphatic rings. The minimum Gasteiger partial charge on any atom is -0.307 e. The molecule has 3 nitrogen and oxygen atoms in total. The lowest BCUT2D eigenvalue weighted by molar-refractivity contribution is 0.361. The van der Waals surface area contributed by atoms with Crippen LogP contribution in [-0.4, -0.2) is 14.0 Å². The van der Waals surface area contributed by atoms with Crippen LogP contribution in [0.1, 0.15) is 38.1 Å². The van der Waals surface area contributed by atoms with Gasteiger partial charge in [0.1, 0.15) is 0 Å². The van der Waals surface area contributed by atoms with Gasteiger partial charge in [-0.2, -0.15) is 0 Å². The second-order valence-electron chi connectivity index (χ2n) is 8.89. The molecule has 1 fully saturated rings. The van der Waals surface area contributed by atoms with Gasteiger partial charge >= 0.3 is 0 Å². The third-order valence-electron chi connectivity index (χ3n) is 6.79. The summed E-state index contributed by atoms with van der Waals surface area (Å²) in [5, 5.41) is 0. The van der Waals surface area contributed by atoms with Crippen molar-refractivity contribution < 1.29 is 0 Å². The van der Waals surface area contributed by atoms with E-state index in [1.807, 2.05) is 0 Å². The molecule has 6 rings (SSSR count). The fraction of sp³-hybridized carbons (Fsp3) is 0.207. The van der Waals surface area contributed by atoms with E-state index in [0.29, 0.717) is 6.04 Å². The predicted molar refractivity (Wildman–Crippen MR) is 139 cm³/mol. The molecule has 33 heavy (non-hydrogen) atoms. The molecule has 2 heterocycles. The first-order valence-corrected chi connectivity index (χ1v) is 12.6. The highest BCUT2D eigenvalue weighted by atomic mass is 79.9. The fourth-order valence-electron chi connectivity index (χ4n) is 5.21. The summed E-state index contributed by atoms with van der Waals surface area (Å²) in [5.74, 6) is 1.04. The van der Waals surface area contributed by atoms with E-state index in [0.717, 1.165) is 27.2 Å². The Balaban J connectivity index is 1.65. The van der Waals surface area contributed by atoms with Gasteiger partial charge in [0, 0.05) is 27.8 Å². The summed E-state index contributed by atoms with van der Waals surface area (Å²) in [5.41, 5.74) is 7.02. The molecule has 5 aromatic rings. The lowest BCUT2D eigenvalue weighted by atomic mass is 9.95. The molecule has 0 spiro atoms. The van der Waals surface area contributed by atoms with E-state index < -0.39 is 0 Å². The fourth-order valence-corrected chi connectivity index (χ4v) is 5.47. The molecule has 0 radical (unpaired) electrons. The van der Waals surface area contributed by atoms with Crippen LogP contribution in [-0.2, 0) is 0 Å². The number of nitrogens with zero attached hydrogens (tertiary/aromatic N) is 3. The molecule has 0 saturated heterocycles. The molecular formula is C29H26BrN3. The van der Waals surface area contributed by atoms with E-state index in [9.17, 15) is 0 Å². The number of fused-ring (bicyclic) bond motifs is 1. The average molecular weight is 496 g/mol. The maximum atomic E-state index is 5.31. The number of aromatic nitrogens is 3. The molecule has 0 amide bonds. The zero-order valence-electron chi connectivity index (χ0n) is 18.5. The number of hydrogen-bond donors (Lipinski definition) is 0. The zero-order valence-corrected chi connectivity index (χ0v) is 20.1. The number of hydrogen-bond acceptors (Lipinski definition) is 1. The molecular weight excluding hydrogens is 470 g/mol. The van der Waals surface area contributed by atoms with Crippen LogP contribution in [0.25, 0.3) is 39.5 Å². The molecule has 0 atom stereocenters. The van der Waals surface area contributed by atoms with Gasteiger partial charge in [-0.05, 0) is 30.5 Å². The Kier molecular flexibility index (Phi) is 5.39. The Morgan fingerprint density at radius 1 is 0.697 bits per heavy atom. The monoisotopic (exact) mass is 495 g/mol. The second-order valence-corrected chi connectivity index (χ2v) is 9.81. The predicted octanol–water partition coefficient (Wildman–Crippen LogP) is 8.40. The van der Waals surface area contributed by atoms with E-state index in [2.05, 4.69) is 116 Å². The normalized spacial score (nSPS) is 14.7. The van der Waals surface area contributed by atoms with Crippen molar-refractivity contribution in [2.24, 2.45) is 0 Å². The SMILES string of the molecule is Brc1ccc(-c2cn3c(-c4ccccc4)c(-c4ccccc4)nc3n2C2CCCCC2)cc1. The molecule has 1 aliphatic carbocycles. The van der Waals surface area contributed by atoms with E-state index in [1.165, 1.54) is 48.9 Å². The molecule has 0 N–H and O–H groups in total. The first kappa shape index (κ1) is 20.5. The van der Waals surface area contributed by atoms with Crippen molar-refractivity contribution in [2.75, 3.05) is 0 Å². The Morgan fingerprint density at radius 3 is 2.00 bits per heavy atom. The largest absolute Gasteiger partial charge is 0.307 e. The van der Waals surface area contributed by atoms with Gasteiger partial charge in [-0.1, -0.05) is 108 Å². The van der Waals surface area contributed by atoms with Crippen molar-refractivity contribution >= 4 is 21.7 Å². The number of halogens is 1. The van der Waals surface area contributed by atoms with Crippen LogP contribution >= 0.6 is 15.9 Å². The van der Waals surface area contributed by atoms with E-state index in [1.54, 1.807) is 0 Å². The number of benzene rings is 3. The van der Waals surface area contributed by atoms with Gasteiger partial charge in [0.25, 0.3) is 0 Å². The maximum Gasteiger partial charge on any atom is 0.215 e. The Morgan fingerprint density at radius 2 is 1.33 bits per heavy atom. The lowest BCUT2D eigenvalue weighted by Gasteiger charge is -2.25. The first-order valence-electron chi connectivity index (χ1n) is 11.8. The molecule has 0 bridgehead atoms. The highest BCUT2D eigenvalue weighted by Crippen LogP contribution is 2.40. The first-order chi connectivity index (χ1) is 16.3. The molecule has 4 heteroatoms. The van der Waals surface area contributed by atoms with Gasteiger partial charge in [0.2, 0.25) is 5.78 Å². The third kappa shape index (κ3) is 3.72. The molecule has 0 aliphatic heterocycles. The van der Waals surface area contributed by atoms with Crippen molar-refractivity contribution in [3.8, 4) is 33.8 Å². The summed E-state index contributed by atoms with van der Waals surface area (Å²) < 4.78 is 5.94. The van der Waals surface area contributed by atoms with Crippen molar-refractivity contribution in [1.29, 1.82) is 0 Å². The number of imidazole rings is 2. The van der Waals surface area contributed by atoms with Crippen LogP contribution < -0.4 is 0 Å². The molecule has 0 unspecified atom stereocenters. The summed E-state index contributed by atoms with van der Waals surface area (Å²) in [4.78, 5) is 5.31. The van der Waals surface area contributed by atoms with Gasteiger partial charge in [-0.25, -0.2) is 4.98 Å². The van der Waals surface area contributed by atoms with Crippen LogP contribution in [0.5, 0.6) is 0 Å². The van der Waals surface area contributed by atoms with Crippen molar-refractivity contribution in [1.82, 2.24) is 14.0 Å². The van der Waals surface area contributed by atoms with Crippen molar-refractivity contribution in [2.45, 2.75) is 38.1 Å². The van der Waals surface area contributed by atoms with Gasteiger partial charge in [-0.3, -0.25) is 4.40 Å². The molecule has 2 aromatic heterocycles. The van der Waals surface area contributed by atoms with E-state index in [-0.39, 0.29) is 0 Å². The summed E-state index contributed by atoms with van der Waals surface area (Å²) in [6.45, 7) is 0. The van der Waals surface area contributed by atoms with Crippen LogP contribution in [0.2, 0.25) is 0 Å². The highest BCUT2D eigenvalue weighted by Gasteiger charge is 2.26. The minimum atomic E-state index is 0.476. The number of rotatable bonds is 4. The maximum absolute atomic E-state index is 5.31. The van der Waals surface area contributed by atoms with Crippen LogP contribution in [0, 0.1) is 0 Å². The molecule has 164 valence electrons. The Bertz CT molecular complexity index is 1380. The second kappa shape index (κ2) is 8.68. The van der Waals surface area contributed by atoms with E-state index >= 15 is 0 Å². The summed E-state index contributed by atoms with van der Waals surface area (Å²) in [6.07, 6.45) is 8.62. The Hall–Kier alpha value is -3.11. The standard InChI is InChI=1S/C29H26BrN3/c30-24-18-16-21(17-19-24)26-20-32-28(23-12-6-2-7-13-23)27(22-10-4-1-5-11-22)31-29(32)33(26)25-14-8-3-9-15-25/h1-2,4-7,10-13,16-20,25H,3,8-9,14-15H2. The molecule has 1 saturated carbocycles. The van der Waals surface area contributed by atoms with Crippen LogP contribution in [0.15, 0.2) is 95.6 Å². The zero-order chi connectivity index (χ0) is 22.2. The van der Waals surface area contributed by atoms with Crippen molar-refractivity contribution in [3.63, 3.8) is 0 Å². The van der Waals surface area contributed by atoms with Crippen LogP contribution in [0.4, 0.5) is 0 Å². The average Bonchev–Trinajstić information content (AvgIpc) is 3.42. The third-order valence-corrected chi connectivity index (χ3v) is 7.32. The molecule has 3 aromatic carbocycles. The summed E-state index contributed by atoms with van der Waals surface area (Å²) in [7, 11) is 0. The van der Waals surface area contributed by atoms with Gasteiger partial charge in [0.05, 0.1) is 17.1 Å². The van der Waals surface area contributed by atoms with Gasteiger partial charge < -0.3 is 4.57 Å².